The molecule has 1 aliphatic carbocycles. The lowest BCUT2D eigenvalue weighted by Gasteiger charge is -2.22. The van der Waals surface area contributed by atoms with E-state index in [4.69, 9.17) is 5.73 Å². The summed E-state index contributed by atoms with van der Waals surface area (Å²) in [4.78, 5) is 0. The standard InChI is InChI=1S/C10H18N4/c1-2-14-8-12-13-9(14)7-10(11)5-3-4-6-10/h8H,2-7,11H2,1H3. The first-order valence-electron chi connectivity index (χ1n) is 5.39. The minimum Gasteiger partial charge on any atom is -0.325 e. The van der Waals surface area contributed by atoms with Crippen molar-refractivity contribution < 1.29 is 0 Å². The van der Waals surface area contributed by atoms with Crippen molar-refractivity contribution in [2.45, 2.75) is 51.1 Å². The average Bonchev–Trinajstić information content (AvgIpc) is 2.75. The van der Waals surface area contributed by atoms with E-state index in [2.05, 4.69) is 21.7 Å². The Labute approximate surface area is 84.5 Å². The summed E-state index contributed by atoms with van der Waals surface area (Å²) in [6.45, 7) is 3.03. The van der Waals surface area contributed by atoms with Gasteiger partial charge in [-0.3, -0.25) is 0 Å². The van der Waals surface area contributed by atoms with E-state index < -0.39 is 0 Å². The zero-order chi connectivity index (χ0) is 10.0. The number of nitrogens with zero attached hydrogens (tertiary/aromatic N) is 3. The monoisotopic (exact) mass is 194 g/mol. The van der Waals surface area contributed by atoms with Crippen molar-refractivity contribution in [2.75, 3.05) is 0 Å². The normalized spacial score (nSPS) is 20.1. The Balaban J connectivity index is 2.09. The molecule has 78 valence electrons. The number of aromatic nitrogens is 3. The lowest BCUT2D eigenvalue weighted by Crippen LogP contribution is -2.39. The molecule has 0 unspecified atom stereocenters. The Bertz CT molecular complexity index is 299. The van der Waals surface area contributed by atoms with Crippen molar-refractivity contribution in [3.8, 4) is 0 Å². The summed E-state index contributed by atoms with van der Waals surface area (Å²) >= 11 is 0. The van der Waals surface area contributed by atoms with E-state index in [1.54, 1.807) is 6.33 Å². The van der Waals surface area contributed by atoms with E-state index in [9.17, 15) is 0 Å². The Morgan fingerprint density at radius 1 is 1.50 bits per heavy atom. The van der Waals surface area contributed by atoms with E-state index in [-0.39, 0.29) is 5.54 Å². The van der Waals surface area contributed by atoms with Crippen molar-refractivity contribution in [1.82, 2.24) is 14.8 Å². The van der Waals surface area contributed by atoms with E-state index in [0.717, 1.165) is 31.6 Å². The van der Waals surface area contributed by atoms with Crippen LogP contribution in [0.3, 0.4) is 0 Å². The number of hydrogen-bond donors (Lipinski definition) is 1. The highest BCUT2D eigenvalue weighted by Gasteiger charge is 2.30. The molecule has 0 saturated heterocycles. The third-order valence-corrected chi connectivity index (χ3v) is 3.15. The molecule has 2 rings (SSSR count). The summed E-state index contributed by atoms with van der Waals surface area (Å²) in [7, 11) is 0. The first kappa shape index (κ1) is 9.65. The first-order chi connectivity index (χ1) is 6.73. The van der Waals surface area contributed by atoms with Crippen LogP contribution in [-0.4, -0.2) is 20.3 Å². The highest BCUT2D eigenvalue weighted by Crippen LogP contribution is 2.29. The lowest BCUT2D eigenvalue weighted by molar-refractivity contribution is 0.418. The zero-order valence-corrected chi connectivity index (χ0v) is 8.74. The third kappa shape index (κ3) is 1.80. The molecule has 0 atom stereocenters. The molecule has 1 aromatic heterocycles. The van der Waals surface area contributed by atoms with Crippen molar-refractivity contribution in [1.29, 1.82) is 0 Å². The summed E-state index contributed by atoms with van der Waals surface area (Å²) in [6.07, 6.45) is 7.44. The molecule has 1 heterocycles. The molecule has 0 aliphatic heterocycles. The van der Waals surface area contributed by atoms with Gasteiger partial charge in [0.05, 0.1) is 0 Å². The van der Waals surface area contributed by atoms with Crippen LogP contribution in [0.4, 0.5) is 0 Å². The minimum absolute atomic E-state index is 0.0139. The van der Waals surface area contributed by atoms with E-state index in [0.29, 0.717) is 0 Å². The fourth-order valence-corrected chi connectivity index (χ4v) is 2.25. The van der Waals surface area contributed by atoms with E-state index in [1.807, 2.05) is 0 Å². The SMILES string of the molecule is CCn1cnnc1CC1(N)CCCC1. The average molecular weight is 194 g/mol. The van der Waals surface area contributed by atoms with Crippen LogP contribution in [0.2, 0.25) is 0 Å². The predicted octanol–water partition coefficient (Wildman–Crippen LogP) is 1.11. The number of nitrogens with two attached hydrogens (primary N) is 1. The Hall–Kier alpha value is -0.900. The van der Waals surface area contributed by atoms with Gasteiger partial charge >= 0.3 is 0 Å². The fraction of sp³-hybridized carbons (Fsp3) is 0.800. The maximum Gasteiger partial charge on any atom is 0.134 e. The van der Waals surface area contributed by atoms with Crippen LogP contribution < -0.4 is 5.73 Å². The second kappa shape index (κ2) is 3.69. The predicted molar refractivity (Wildman–Crippen MR) is 54.8 cm³/mol. The molecule has 4 nitrogen and oxygen atoms in total. The molecule has 0 amide bonds. The molecule has 1 aromatic rings. The summed E-state index contributed by atoms with van der Waals surface area (Å²) in [5.74, 6) is 1.04. The number of hydrogen-bond acceptors (Lipinski definition) is 3. The quantitative estimate of drug-likeness (QED) is 0.784. The Morgan fingerprint density at radius 3 is 2.86 bits per heavy atom. The van der Waals surface area contributed by atoms with Gasteiger partial charge < -0.3 is 10.3 Å². The van der Waals surface area contributed by atoms with Gasteiger partial charge in [-0.15, -0.1) is 10.2 Å². The highest BCUT2D eigenvalue weighted by atomic mass is 15.3. The highest BCUT2D eigenvalue weighted by molar-refractivity contribution is 5.00. The van der Waals surface area contributed by atoms with Gasteiger partial charge in [0.1, 0.15) is 12.2 Å². The van der Waals surface area contributed by atoms with Crippen LogP contribution in [0.1, 0.15) is 38.4 Å². The topological polar surface area (TPSA) is 56.7 Å². The van der Waals surface area contributed by atoms with Gasteiger partial charge in [-0.05, 0) is 19.8 Å². The van der Waals surface area contributed by atoms with Gasteiger partial charge in [-0.2, -0.15) is 0 Å². The lowest BCUT2D eigenvalue weighted by atomic mass is 9.94. The fourth-order valence-electron chi connectivity index (χ4n) is 2.25. The van der Waals surface area contributed by atoms with Gasteiger partial charge in [0.15, 0.2) is 0 Å². The van der Waals surface area contributed by atoms with Crippen LogP contribution in [0.5, 0.6) is 0 Å². The van der Waals surface area contributed by atoms with Crippen LogP contribution in [0.25, 0.3) is 0 Å². The summed E-state index contributed by atoms with van der Waals surface area (Å²) in [6, 6.07) is 0. The van der Waals surface area contributed by atoms with Crippen molar-refractivity contribution in [3.05, 3.63) is 12.2 Å². The van der Waals surface area contributed by atoms with Gasteiger partial charge in [0.25, 0.3) is 0 Å². The minimum atomic E-state index is -0.0139. The smallest absolute Gasteiger partial charge is 0.134 e. The second-order valence-corrected chi connectivity index (χ2v) is 4.28. The van der Waals surface area contributed by atoms with Crippen LogP contribution in [-0.2, 0) is 13.0 Å². The summed E-state index contributed by atoms with van der Waals surface area (Å²) in [5.41, 5.74) is 6.28. The summed E-state index contributed by atoms with van der Waals surface area (Å²) in [5, 5.41) is 8.05. The third-order valence-electron chi connectivity index (χ3n) is 3.15. The van der Waals surface area contributed by atoms with E-state index in [1.165, 1.54) is 12.8 Å². The van der Waals surface area contributed by atoms with Crippen LogP contribution >= 0.6 is 0 Å². The molecule has 1 fully saturated rings. The maximum atomic E-state index is 6.29. The largest absolute Gasteiger partial charge is 0.325 e. The molecule has 0 spiro atoms. The van der Waals surface area contributed by atoms with E-state index >= 15 is 0 Å². The molecule has 4 heteroatoms. The molecule has 14 heavy (non-hydrogen) atoms. The molecular weight excluding hydrogens is 176 g/mol. The van der Waals surface area contributed by atoms with Gasteiger partial charge in [0, 0.05) is 18.5 Å². The van der Waals surface area contributed by atoms with Crippen LogP contribution in [0.15, 0.2) is 6.33 Å². The molecule has 2 N–H and O–H groups in total. The Morgan fingerprint density at radius 2 is 2.21 bits per heavy atom. The van der Waals surface area contributed by atoms with Gasteiger partial charge in [-0.1, -0.05) is 12.8 Å². The molecule has 0 bridgehead atoms. The summed E-state index contributed by atoms with van der Waals surface area (Å²) < 4.78 is 2.08. The number of aryl methyl sites for hydroxylation is 1. The van der Waals surface area contributed by atoms with Crippen molar-refractivity contribution in [3.63, 3.8) is 0 Å². The molecule has 1 saturated carbocycles. The van der Waals surface area contributed by atoms with Gasteiger partial charge in [0.2, 0.25) is 0 Å². The molecule has 0 aromatic carbocycles. The first-order valence-corrected chi connectivity index (χ1v) is 5.39. The molecular formula is C10H18N4. The Kier molecular flexibility index (Phi) is 2.54. The number of rotatable bonds is 3. The molecule has 1 aliphatic rings. The van der Waals surface area contributed by atoms with Gasteiger partial charge in [-0.25, -0.2) is 0 Å². The van der Waals surface area contributed by atoms with Crippen molar-refractivity contribution in [2.24, 2.45) is 5.73 Å². The van der Waals surface area contributed by atoms with Crippen molar-refractivity contribution >= 4 is 0 Å². The molecule has 0 radical (unpaired) electrons. The second-order valence-electron chi connectivity index (χ2n) is 4.28. The van der Waals surface area contributed by atoms with Crippen LogP contribution in [0, 0.1) is 0 Å². The zero-order valence-electron chi connectivity index (χ0n) is 8.74. The maximum absolute atomic E-state index is 6.29.